The minimum atomic E-state index is -4.33. The lowest BCUT2D eigenvalue weighted by Gasteiger charge is -2.24. The van der Waals surface area contributed by atoms with Gasteiger partial charge in [0, 0.05) is 13.4 Å². The summed E-state index contributed by atoms with van der Waals surface area (Å²) < 4.78 is 115. The third-order valence-electron chi connectivity index (χ3n) is 7.14. The van der Waals surface area contributed by atoms with E-state index in [4.69, 9.17) is 0 Å². The predicted octanol–water partition coefficient (Wildman–Crippen LogP) is 15.3. The Hall–Kier alpha value is -2.31. The van der Waals surface area contributed by atoms with Gasteiger partial charge in [0.25, 0.3) is 0 Å². The summed E-state index contributed by atoms with van der Waals surface area (Å²) in [6.45, 7) is 14.7. The Labute approximate surface area is 306 Å². The van der Waals surface area contributed by atoms with E-state index in [1.54, 1.807) is 26.0 Å². The van der Waals surface area contributed by atoms with Crippen molar-refractivity contribution in [2.24, 2.45) is 0 Å². The highest BCUT2D eigenvalue weighted by Crippen LogP contribution is 2.42. The SMILES string of the molecule is Cc1cc(C(C)(C)C)c(Br)c(C(F)(F)F)c1.Cc1cc(C(C)(C)C)cc(C(F)(F)F)c1Br.FC(F)(F)c1ccc(-c2ccccc2)cc1Br. The van der Waals surface area contributed by atoms with E-state index in [9.17, 15) is 39.5 Å². The van der Waals surface area contributed by atoms with Gasteiger partial charge >= 0.3 is 18.5 Å². The maximum atomic E-state index is 12.8. The van der Waals surface area contributed by atoms with Crippen LogP contribution in [0, 0.1) is 13.8 Å². The van der Waals surface area contributed by atoms with Crippen LogP contribution in [0.2, 0.25) is 0 Å². The number of benzene rings is 4. The molecule has 0 aliphatic rings. The second kappa shape index (κ2) is 15.9. The molecule has 0 atom stereocenters. The van der Waals surface area contributed by atoms with Gasteiger partial charge in [-0.05, 0) is 109 Å². The summed E-state index contributed by atoms with van der Waals surface area (Å²) in [6, 6.07) is 19.3. The smallest absolute Gasteiger partial charge is 0.166 e. The molecule has 0 aliphatic carbocycles. The molecule has 0 spiro atoms. The Bertz CT molecular complexity index is 1670. The van der Waals surface area contributed by atoms with Crippen molar-refractivity contribution in [3.63, 3.8) is 0 Å². The van der Waals surface area contributed by atoms with Crippen LogP contribution in [0.4, 0.5) is 39.5 Å². The Kier molecular flexibility index (Phi) is 13.9. The predicted molar refractivity (Wildman–Crippen MR) is 190 cm³/mol. The van der Waals surface area contributed by atoms with Gasteiger partial charge in [0.05, 0.1) is 16.7 Å². The molecule has 0 saturated carbocycles. The zero-order chi connectivity index (χ0) is 37.9. The standard InChI is InChI=1S/C13H8BrF3.2C12H14BrF3/c14-12-8-10(9-4-2-1-3-5-9)6-7-11(12)13(15,16)17;1-7-5-8(11(2,3)4)6-9(10(7)13)12(14,15)16;1-7-5-8(11(2,3)4)10(13)9(6-7)12(14,15)16/h1-8H;2*5-6H,1-4H3. The van der Waals surface area contributed by atoms with Crippen molar-refractivity contribution < 1.29 is 39.5 Å². The van der Waals surface area contributed by atoms with Gasteiger partial charge in [-0.15, -0.1) is 0 Å². The molecule has 0 heterocycles. The first kappa shape index (κ1) is 42.9. The number of aryl methyl sites for hydroxylation is 2. The van der Waals surface area contributed by atoms with Crippen LogP contribution in [0.3, 0.4) is 0 Å². The summed E-state index contributed by atoms with van der Waals surface area (Å²) in [7, 11) is 0. The third kappa shape index (κ3) is 12.2. The molecule has 268 valence electrons. The van der Waals surface area contributed by atoms with Crippen molar-refractivity contribution in [1.29, 1.82) is 0 Å². The van der Waals surface area contributed by atoms with Gasteiger partial charge in [-0.2, -0.15) is 39.5 Å². The fraction of sp³-hybridized carbons (Fsp3) is 0.351. The lowest BCUT2D eigenvalue weighted by Crippen LogP contribution is -2.16. The molecular weight excluding hydrogens is 855 g/mol. The monoisotopic (exact) mass is 888 g/mol. The van der Waals surface area contributed by atoms with Gasteiger partial charge < -0.3 is 0 Å². The molecule has 0 unspecified atom stereocenters. The average Bonchev–Trinajstić information content (AvgIpc) is 2.93. The van der Waals surface area contributed by atoms with Crippen LogP contribution in [0.1, 0.15) is 80.5 Å². The normalized spacial score (nSPS) is 12.5. The molecule has 0 radical (unpaired) electrons. The van der Waals surface area contributed by atoms with Crippen molar-refractivity contribution in [3.05, 3.63) is 125 Å². The fourth-order valence-electron chi connectivity index (χ4n) is 4.48. The van der Waals surface area contributed by atoms with Gasteiger partial charge in [0.1, 0.15) is 0 Å². The summed E-state index contributed by atoms with van der Waals surface area (Å²) in [6.07, 6.45) is -13.0. The van der Waals surface area contributed by atoms with Gasteiger partial charge in [0.15, 0.2) is 0 Å². The first-order valence-electron chi connectivity index (χ1n) is 14.7. The van der Waals surface area contributed by atoms with Crippen LogP contribution >= 0.6 is 47.8 Å². The van der Waals surface area contributed by atoms with E-state index in [0.717, 1.165) is 17.2 Å². The van der Waals surface area contributed by atoms with E-state index in [1.807, 2.05) is 71.9 Å². The van der Waals surface area contributed by atoms with E-state index in [-0.39, 0.29) is 24.2 Å². The Morgan fingerprint density at radius 2 is 0.918 bits per heavy atom. The fourth-order valence-corrected chi connectivity index (χ4v) is 6.59. The van der Waals surface area contributed by atoms with Crippen LogP contribution in [-0.2, 0) is 29.4 Å². The molecule has 4 rings (SSSR count). The van der Waals surface area contributed by atoms with E-state index in [1.165, 1.54) is 24.3 Å². The van der Waals surface area contributed by atoms with Crippen LogP contribution in [0.15, 0.2) is 86.2 Å². The summed E-state index contributed by atoms with van der Waals surface area (Å²) in [5.41, 5.74) is 1.80. The molecule has 4 aromatic carbocycles. The summed E-state index contributed by atoms with van der Waals surface area (Å²) in [5.74, 6) is 0. The zero-order valence-corrected chi connectivity index (χ0v) is 32.7. The van der Waals surface area contributed by atoms with E-state index < -0.39 is 35.2 Å². The summed E-state index contributed by atoms with van der Waals surface area (Å²) in [4.78, 5) is 0. The van der Waals surface area contributed by atoms with Crippen LogP contribution in [0.5, 0.6) is 0 Å². The molecule has 0 nitrogen and oxygen atoms in total. The number of hydrogen-bond donors (Lipinski definition) is 0. The Morgan fingerprint density at radius 3 is 1.35 bits per heavy atom. The first-order chi connectivity index (χ1) is 22.0. The topological polar surface area (TPSA) is 0 Å². The second-order valence-corrected chi connectivity index (χ2v) is 15.8. The minimum Gasteiger partial charge on any atom is -0.166 e. The molecule has 4 aromatic rings. The molecule has 0 saturated heterocycles. The molecule has 0 aliphatic heterocycles. The second-order valence-electron chi connectivity index (χ2n) is 13.4. The van der Waals surface area contributed by atoms with Crippen LogP contribution in [-0.4, -0.2) is 0 Å². The maximum Gasteiger partial charge on any atom is 0.417 e. The van der Waals surface area contributed by atoms with E-state index in [2.05, 4.69) is 47.8 Å². The molecule has 49 heavy (non-hydrogen) atoms. The van der Waals surface area contributed by atoms with Crippen molar-refractivity contribution in [2.45, 2.75) is 84.7 Å². The number of halogens is 12. The molecule has 0 N–H and O–H groups in total. The summed E-state index contributed by atoms with van der Waals surface area (Å²) in [5, 5.41) is 0. The van der Waals surface area contributed by atoms with Gasteiger partial charge in [-0.3, -0.25) is 0 Å². The Morgan fingerprint density at radius 1 is 0.449 bits per heavy atom. The van der Waals surface area contributed by atoms with Crippen molar-refractivity contribution >= 4 is 47.8 Å². The van der Waals surface area contributed by atoms with Gasteiger partial charge in [0.2, 0.25) is 0 Å². The van der Waals surface area contributed by atoms with Crippen molar-refractivity contribution in [2.75, 3.05) is 0 Å². The average molecular weight is 891 g/mol. The lowest BCUT2D eigenvalue weighted by molar-refractivity contribution is -0.139. The number of rotatable bonds is 1. The van der Waals surface area contributed by atoms with Gasteiger partial charge in [-0.25, -0.2) is 0 Å². The highest BCUT2D eigenvalue weighted by atomic mass is 79.9. The van der Waals surface area contributed by atoms with E-state index >= 15 is 0 Å². The Balaban J connectivity index is 0.000000255. The van der Waals surface area contributed by atoms with E-state index in [0.29, 0.717) is 22.3 Å². The van der Waals surface area contributed by atoms with Crippen molar-refractivity contribution in [3.8, 4) is 11.1 Å². The van der Waals surface area contributed by atoms with Gasteiger partial charge in [-0.1, -0.05) is 112 Å². The molecule has 12 heteroatoms. The van der Waals surface area contributed by atoms with Crippen LogP contribution in [0.25, 0.3) is 11.1 Å². The molecule has 0 fully saturated rings. The molecular formula is C37H36Br3F9. The molecule has 0 amide bonds. The van der Waals surface area contributed by atoms with Crippen LogP contribution < -0.4 is 0 Å². The highest BCUT2D eigenvalue weighted by molar-refractivity contribution is 9.11. The third-order valence-corrected chi connectivity index (χ3v) is 9.70. The largest absolute Gasteiger partial charge is 0.417 e. The molecule has 0 aromatic heterocycles. The van der Waals surface area contributed by atoms with Crippen molar-refractivity contribution in [1.82, 2.24) is 0 Å². The molecule has 0 bridgehead atoms. The summed E-state index contributed by atoms with van der Waals surface area (Å²) >= 11 is 9.02. The maximum absolute atomic E-state index is 12.8. The highest BCUT2D eigenvalue weighted by Gasteiger charge is 2.36. The zero-order valence-electron chi connectivity index (χ0n) is 28.0. The minimum absolute atomic E-state index is 0.0614. The lowest BCUT2D eigenvalue weighted by atomic mass is 9.85. The number of alkyl halides is 9. The number of hydrogen-bond acceptors (Lipinski definition) is 0. The quantitative estimate of drug-likeness (QED) is 0.167. The first-order valence-corrected chi connectivity index (χ1v) is 17.1.